The summed E-state index contributed by atoms with van der Waals surface area (Å²) in [6, 6.07) is 6.90. The van der Waals surface area contributed by atoms with E-state index < -0.39 is 0 Å². The third-order valence-corrected chi connectivity index (χ3v) is 6.32. The lowest BCUT2D eigenvalue weighted by Gasteiger charge is -2.25. The molecule has 2 aromatic rings. The lowest BCUT2D eigenvalue weighted by Crippen LogP contribution is -2.27. The van der Waals surface area contributed by atoms with Gasteiger partial charge >= 0.3 is 0 Å². The maximum Gasteiger partial charge on any atom is 0.138 e. The van der Waals surface area contributed by atoms with Gasteiger partial charge in [-0.3, -0.25) is 9.98 Å². The molecule has 0 aromatic heterocycles. The average Bonchev–Trinajstić information content (AvgIpc) is 2.76. The van der Waals surface area contributed by atoms with Crippen LogP contribution in [0, 0.1) is 0 Å². The maximum atomic E-state index is 10.3. The van der Waals surface area contributed by atoms with Crippen molar-refractivity contribution in [1.29, 1.82) is 0 Å². The Morgan fingerprint density at radius 1 is 0.800 bits per heavy atom. The third-order valence-electron chi connectivity index (χ3n) is 5.11. The van der Waals surface area contributed by atoms with Gasteiger partial charge in [-0.2, -0.15) is 0 Å². The number of ether oxygens (including phenoxy) is 2. The molecule has 2 atom stereocenters. The van der Waals surface area contributed by atoms with Crippen LogP contribution in [0.4, 0.5) is 0 Å². The normalized spacial score (nSPS) is 19.5. The molecule has 1 aliphatic carbocycles. The summed E-state index contributed by atoms with van der Waals surface area (Å²) in [5, 5.41) is 20.6. The summed E-state index contributed by atoms with van der Waals surface area (Å²) in [5.74, 6) is 1.53. The number of benzene rings is 2. The Kier molecular flexibility index (Phi) is 7.77. The van der Waals surface area contributed by atoms with Crippen molar-refractivity contribution in [3.63, 3.8) is 0 Å². The van der Waals surface area contributed by atoms with E-state index in [0.29, 0.717) is 31.6 Å². The fourth-order valence-electron chi connectivity index (χ4n) is 3.41. The summed E-state index contributed by atoms with van der Waals surface area (Å²) in [4.78, 5) is 9.45. The van der Waals surface area contributed by atoms with Gasteiger partial charge in [-0.15, -0.1) is 0 Å². The first kappa shape index (κ1) is 22.6. The molecule has 0 bridgehead atoms. The molecule has 0 unspecified atom stereocenters. The summed E-state index contributed by atoms with van der Waals surface area (Å²) in [6.45, 7) is 0. The molecule has 160 valence electrons. The molecule has 0 radical (unpaired) electrons. The Hall–Kier alpha value is -2.06. The highest BCUT2D eigenvalue weighted by atomic mass is 79.9. The van der Waals surface area contributed by atoms with Gasteiger partial charge in [0, 0.05) is 23.6 Å². The topological polar surface area (TPSA) is 83.6 Å². The number of methoxy groups -OCH3 is 2. The molecule has 0 heterocycles. The summed E-state index contributed by atoms with van der Waals surface area (Å²) < 4.78 is 11.6. The predicted octanol–water partition coefficient (Wildman–Crippen LogP) is 5.49. The van der Waals surface area contributed by atoms with E-state index in [4.69, 9.17) is 19.5 Å². The average molecular weight is 540 g/mol. The summed E-state index contributed by atoms with van der Waals surface area (Å²) in [5.41, 5.74) is 1.17. The zero-order chi connectivity index (χ0) is 21.7. The molecule has 1 fully saturated rings. The molecular formula is C22H24Br2N2O4. The minimum atomic E-state index is -0.00410. The first-order valence-electron chi connectivity index (χ1n) is 9.62. The second kappa shape index (κ2) is 10.3. The fraction of sp³-hybridized carbons (Fsp3) is 0.364. The van der Waals surface area contributed by atoms with Crippen molar-refractivity contribution >= 4 is 44.3 Å². The highest BCUT2D eigenvalue weighted by Gasteiger charge is 2.23. The number of phenols is 2. The van der Waals surface area contributed by atoms with Crippen LogP contribution in [0.15, 0.2) is 43.2 Å². The molecule has 1 saturated carbocycles. The Bertz CT molecular complexity index is 885. The second-order valence-electron chi connectivity index (χ2n) is 7.07. The van der Waals surface area contributed by atoms with Crippen LogP contribution in [0.5, 0.6) is 23.0 Å². The summed E-state index contributed by atoms with van der Waals surface area (Å²) >= 11 is 6.68. The quantitative estimate of drug-likeness (QED) is 0.475. The van der Waals surface area contributed by atoms with Crippen LogP contribution in [0.1, 0.15) is 36.8 Å². The maximum absolute atomic E-state index is 10.3. The number of rotatable bonds is 6. The number of hydrogen-bond donors (Lipinski definition) is 2. The van der Waals surface area contributed by atoms with Gasteiger partial charge in [-0.1, -0.05) is 12.8 Å². The first-order chi connectivity index (χ1) is 14.4. The van der Waals surface area contributed by atoms with Gasteiger partial charge in [0.1, 0.15) is 23.0 Å². The molecule has 2 N–H and O–H groups in total. The fourth-order valence-corrected chi connectivity index (χ4v) is 4.32. The molecule has 3 rings (SSSR count). The van der Waals surface area contributed by atoms with E-state index in [2.05, 4.69) is 31.9 Å². The second-order valence-corrected chi connectivity index (χ2v) is 8.78. The van der Waals surface area contributed by atoms with Crippen molar-refractivity contribution in [3.8, 4) is 23.0 Å². The van der Waals surface area contributed by atoms with Crippen molar-refractivity contribution in [2.75, 3.05) is 14.2 Å². The van der Waals surface area contributed by atoms with Gasteiger partial charge in [0.2, 0.25) is 0 Å². The molecule has 2 aromatic carbocycles. The minimum absolute atomic E-state index is 0.00410. The van der Waals surface area contributed by atoms with Crippen molar-refractivity contribution in [1.82, 2.24) is 0 Å². The number of nitrogens with zero attached hydrogens (tertiary/aromatic N) is 2. The van der Waals surface area contributed by atoms with Crippen molar-refractivity contribution in [2.45, 2.75) is 37.8 Å². The van der Waals surface area contributed by atoms with Crippen molar-refractivity contribution in [3.05, 3.63) is 44.3 Å². The van der Waals surface area contributed by atoms with E-state index in [-0.39, 0.29) is 23.6 Å². The minimum Gasteiger partial charge on any atom is -0.506 e. The van der Waals surface area contributed by atoms with Gasteiger partial charge in [0.05, 0.1) is 35.2 Å². The van der Waals surface area contributed by atoms with Gasteiger partial charge in [-0.25, -0.2) is 0 Å². The molecule has 0 spiro atoms. The Morgan fingerprint density at radius 2 is 1.20 bits per heavy atom. The van der Waals surface area contributed by atoms with Crippen LogP contribution < -0.4 is 9.47 Å². The van der Waals surface area contributed by atoms with E-state index in [1.54, 1.807) is 50.9 Å². The smallest absolute Gasteiger partial charge is 0.138 e. The zero-order valence-electron chi connectivity index (χ0n) is 16.8. The van der Waals surface area contributed by atoms with E-state index in [1.807, 2.05) is 0 Å². The number of hydrogen-bond acceptors (Lipinski definition) is 6. The van der Waals surface area contributed by atoms with Gasteiger partial charge < -0.3 is 19.7 Å². The summed E-state index contributed by atoms with van der Waals surface area (Å²) in [7, 11) is 3.16. The van der Waals surface area contributed by atoms with Crippen molar-refractivity contribution < 1.29 is 19.7 Å². The lowest BCUT2D eigenvalue weighted by atomic mass is 9.91. The number of aromatic hydroxyl groups is 2. The summed E-state index contributed by atoms with van der Waals surface area (Å²) in [6.07, 6.45) is 7.35. The number of aliphatic imine (C=N–C) groups is 2. The highest BCUT2D eigenvalue weighted by molar-refractivity contribution is 9.10. The monoisotopic (exact) mass is 538 g/mol. The van der Waals surface area contributed by atoms with E-state index in [0.717, 1.165) is 25.7 Å². The molecule has 8 heteroatoms. The Labute approximate surface area is 192 Å². The van der Waals surface area contributed by atoms with Crippen LogP contribution >= 0.6 is 31.9 Å². The zero-order valence-corrected chi connectivity index (χ0v) is 20.0. The van der Waals surface area contributed by atoms with E-state index in [9.17, 15) is 10.2 Å². The van der Waals surface area contributed by atoms with Gasteiger partial charge in [0.25, 0.3) is 0 Å². The highest BCUT2D eigenvalue weighted by Crippen LogP contribution is 2.33. The van der Waals surface area contributed by atoms with Crippen molar-refractivity contribution in [2.24, 2.45) is 9.98 Å². The number of phenolic OH excluding ortho intramolecular Hbond substituents is 2. The molecule has 0 amide bonds. The van der Waals surface area contributed by atoms with E-state index >= 15 is 0 Å². The van der Waals surface area contributed by atoms with Crippen LogP contribution in [-0.4, -0.2) is 48.9 Å². The molecular weight excluding hydrogens is 516 g/mol. The van der Waals surface area contributed by atoms with Gasteiger partial charge in [-0.05, 0) is 69.0 Å². The third kappa shape index (κ3) is 5.35. The molecule has 6 nitrogen and oxygen atoms in total. The predicted molar refractivity (Wildman–Crippen MR) is 126 cm³/mol. The standard InChI is InChI=1S/C22H24Br2N2O4/c1-29-15-7-13(21(27)17(23)9-15)11-25-19-5-3-4-6-20(19)26-12-14-8-16(30-2)10-18(24)22(14)28/h7-12,19-20,27-28H,3-6H2,1-2H3/t19-,20-/m1/s1. The molecule has 1 aliphatic rings. The first-order valence-corrected chi connectivity index (χ1v) is 11.2. The Morgan fingerprint density at radius 3 is 1.57 bits per heavy atom. The van der Waals surface area contributed by atoms with E-state index in [1.165, 1.54) is 0 Å². The largest absolute Gasteiger partial charge is 0.506 e. The van der Waals surface area contributed by atoms with Gasteiger partial charge in [0.15, 0.2) is 0 Å². The lowest BCUT2D eigenvalue weighted by molar-refractivity contribution is 0.389. The van der Waals surface area contributed by atoms with Crippen LogP contribution in [0.2, 0.25) is 0 Å². The van der Waals surface area contributed by atoms with Crippen LogP contribution in [-0.2, 0) is 0 Å². The number of halogens is 2. The Balaban J connectivity index is 1.83. The van der Waals surface area contributed by atoms with Crippen LogP contribution in [0.3, 0.4) is 0 Å². The van der Waals surface area contributed by atoms with Crippen LogP contribution in [0.25, 0.3) is 0 Å². The molecule has 0 aliphatic heterocycles. The SMILES string of the molecule is COc1cc(Br)c(O)c(C=N[C@@H]2CCCC[C@H]2N=Cc2cc(OC)cc(Br)c2O)c1. The molecule has 30 heavy (non-hydrogen) atoms. The molecule has 0 saturated heterocycles.